The first kappa shape index (κ1) is 64.3. The SMILES string of the molecule is [2H]c1c([2H])c([2H])c(-c2ccc3c(c2)N(c2cc(-c4ccccc4)cc(-c4ccccc4)c2)c2cc(-n4c5ccc(C(C)(C)C)cc5c5cc(C(C)(C)C)ccc54)cc4c2B3c2ccc(N(c3ccccc3)c3ccc(-n5c6ccccc6c6ccccc65)cc3)cc2N4c2c(-c3ccccc3)cc(C(C)(C)C)cc2-c2ccccc2)c([2H])c1[2H]. The second-order valence-corrected chi connectivity index (χ2v) is 33.8. The molecule has 16 aromatic carbocycles. The van der Waals surface area contributed by atoms with Crippen LogP contribution in [0.3, 0.4) is 0 Å². The minimum atomic E-state index is -0.493. The predicted octanol–water partition coefficient (Wildman–Crippen LogP) is 27.7. The van der Waals surface area contributed by atoms with Crippen molar-refractivity contribution in [3.63, 3.8) is 0 Å². The molecule has 0 saturated heterocycles. The molecule has 0 amide bonds. The quantitative estimate of drug-likeness (QED) is 0.114. The van der Waals surface area contributed by atoms with Gasteiger partial charge in [0.2, 0.25) is 0 Å². The van der Waals surface area contributed by atoms with Crippen molar-refractivity contribution in [3.05, 3.63) is 387 Å². The average Bonchev–Trinajstić information content (AvgIpc) is 1.32. The van der Waals surface area contributed by atoms with E-state index < -0.39 is 24.8 Å². The van der Waals surface area contributed by atoms with Crippen LogP contribution in [0.2, 0.25) is 0 Å². The Kier molecular flexibility index (Phi) is 15.3. The van der Waals surface area contributed by atoms with Gasteiger partial charge >= 0.3 is 0 Å². The molecule has 2 aliphatic rings. The molecule has 0 fully saturated rings. The standard InChI is InChI=1S/C108H88BN5/c1-106(2,3)79-49-58-98-92(64-79)93-65-80(107(4,5)6)50-59-99(93)112(98)87-69-102-104-103(70-87)114(105-90(74-38-22-13-23-39-74)66-81(108(7,8)9)67-91(105)75-40-24-14-25-41-75)101-68-85(110(82-42-26-15-27-43-82)83-51-53-84(54-52-83)111-96-46-30-28-44-88(96)89-45-29-31-47-97(89)111)55-57-95(101)109(104)94-56-48-76(71-32-16-10-17-33-71)63-100(94)113(102)86-61-77(72-34-18-11-19-35-72)60-78(62-86)73-36-20-12-21-37-73/h10-70H,1-9H3/i10D,16D,17D,32D,33D. The van der Waals surface area contributed by atoms with Gasteiger partial charge in [-0.05, 0) is 227 Å². The predicted molar refractivity (Wildman–Crippen MR) is 487 cm³/mol. The van der Waals surface area contributed by atoms with Gasteiger partial charge in [-0.25, -0.2) is 0 Å². The molecule has 0 unspecified atom stereocenters. The lowest BCUT2D eigenvalue weighted by molar-refractivity contribution is 0.590. The molecule has 0 bridgehead atoms. The maximum absolute atomic E-state index is 9.73. The van der Waals surface area contributed by atoms with Gasteiger partial charge in [0.1, 0.15) is 0 Å². The van der Waals surface area contributed by atoms with Crippen LogP contribution >= 0.6 is 0 Å². The summed E-state index contributed by atoms with van der Waals surface area (Å²) in [7, 11) is 0. The van der Waals surface area contributed by atoms with Crippen LogP contribution in [0.25, 0.3) is 111 Å². The second kappa shape index (κ2) is 27.2. The Morgan fingerprint density at radius 2 is 0.702 bits per heavy atom. The first-order chi connectivity index (χ1) is 57.5. The molecule has 0 radical (unpaired) electrons. The monoisotopic (exact) mass is 1470 g/mol. The summed E-state index contributed by atoms with van der Waals surface area (Å²) in [5, 5.41) is 4.71. The third kappa shape index (κ3) is 11.9. The van der Waals surface area contributed by atoms with Gasteiger partial charge in [-0.15, -0.1) is 0 Å². The fourth-order valence-electron chi connectivity index (χ4n) is 17.8. The van der Waals surface area contributed by atoms with E-state index in [0.717, 1.165) is 156 Å². The highest BCUT2D eigenvalue weighted by Gasteiger charge is 2.46. The van der Waals surface area contributed by atoms with E-state index in [-0.39, 0.29) is 33.9 Å². The smallest absolute Gasteiger partial charge is 0.252 e. The number of nitrogens with zero attached hydrogens (tertiary/aromatic N) is 5. The summed E-state index contributed by atoms with van der Waals surface area (Å²) in [5.41, 5.74) is 29.9. The van der Waals surface area contributed by atoms with Crippen molar-refractivity contribution in [1.82, 2.24) is 9.13 Å². The topological polar surface area (TPSA) is 19.6 Å². The number of benzene rings is 16. The molecule has 4 heterocycles. The van der Waals surface area contributed by atoms with Crippen molar-refractivity contribution >= 4 is 118 Å². The van der Waals surface area contributed by atoms with E-state index in [0.29, 0.717) is 5.56 Å². The highest BCUT2D eigenvalue weighted by Crippen LogP contribution is 2.55. The zero-order valence-corrected chi connectivity index (χ0v) is 65.6. The summed E-state index contributed by atoms with van der Waals surface area (Å²) in [6.07, 6.45) is 0. The zero-order chi connectivity index (χ0) is 81.7. The average molecular weight is 1470 g/mol. The fourth-order valence-corrected chi connectivity index (χ4v) is 17.8. The number of hydrogen-bond acceptors (Lipinski definition) is 3. The van der Waals surface area contributed by atoms with Crippen molar-refractivity contribution in [3.8, 4) is 67.0 Å². The van der Waals surface area contributed by atoms with Gasteiger partial charge in [-0.1, -0.05) is 299 Å². The molecule has 548 valence electrons. The lowest BCUT2D eigenvalue weighted by Crippen LogP contribution is -2.61. The number of anilines is 9. The van der Waals surface area contributed by atoms with Gasteiger partial charge in [0.05, 0.1) is 40.3 Å². The Morgan fingerprint density at radius 1 is 0.272 bits per heavy atom. The van der Waals surface area contributed by atoms with Crippen LogP contribution in [0, 0.1) is 0 Å². The number of para-hydroxylation sites is 3. The zero-order valence-electron chi connectivity index (χ0n) is 70.6. The van der Waals surface area contributed by atoms with E-state index in [1.165, 1.54) is 27.5 Å². The lowest BCUT2D eigenvalue weighted by atomic mass is 9.33. The summed E-state index contributed by atoms with van der Waals surface area (Å²) in [6, 6.07) is 123. The Morgan fingerprint density at radius 3 is 1.22 bits per heavy atom. The van der Waals surface area contributed by atoms with Crippen LogP contribution in [-0.2, 0) is 16.2 Å². The van der Waals surface area contributed by atoms with Gasteiger partial charge in [0, 0.05) is 83.9 Å². The van der Waals surface area contributed by atoms with Crippen LogP contribution in [-0.4, -0.2) is 15.8 Å². The van der Waals surface area contributed by atoms with E-state index in [9.17, 15) is 5.48 Å². The Balaban J connectivity index is 0.957. The maximum Gasteiger partial charge on any atom is 0.252 e. The molecular formula is C108H88BN5. The van der Waals surface area contributed by atoms with Crippen molar-refractivity contribution in [2.24, 2.45) is 0 Å². The van der Waals surface area contributed by atoms with E-state index in [4.69, 9.17) is 1.37 Å². The fraction of sp³-hybridized carbons (Fsp3) is 0.111. The van der Waals surface area contributed by atoms with E-state index in [2.05, 4.69) is 420 Å². The molecule has 18 aromatic rings. The molecule has 114 heavy (non-hydrogen) atoms. The van der Waals surface area contributed by atoms with Gasteiger partial charge in [0.25, 0.3) is 6.71 Å². The van der Waals surface area contributed by atoms with Crippen molar-refractivity contribution < 1.29 is 6.85 Å². The number of rotatable bonds is 12. The molecule has 5 nitrogen and oxygen atoms in total. The highest BCUT2D eigenvalue weighted by molar-refractivity contribution is 7.00. The maximum atomic E-state index is 9.73. The van der Waals surface area contributed by atoms with Crippen molar-refractivity contribution in [2.45, 2.75) is 78.6 Å². The third-order valence-corrected chi connectivity index (χ3v) is 23.6. The highest BCUT2D eigenvalue weighted by atomic mass is 15.2. The van der Waals surface area contributed by atoms with Crippen molar-refractivity contribution in [1.29, 1.82) is 0 Å². The van der Waals surface area contributed by atoms with Crippen LogP contribution < -0.4 is 31.1 Å². The van der Waals surface area contributed by atoms with Crippen LogP contribution in [0.5, 0.6) is 0 Å². The van der Waals surface area contributed by atoms with E-state index in [1.807, 2.05) is 6.07 Å². The molecule has 0 spiro atoms. The summed E-state index contributed by atoms with van der Waals surface area (Å²) in [5.74, 6) is 0. The summed E-state index contributed by atoms with van der Waals surface area (Å²) < 4.78 is 51.7. The molecule has 2 aliphatic heterocycles. The largest absolute Gasteiger partial charge is 0.311 e. The molecule has 0 atom stereocenters. The normalized spacial score (nSPS) is 13.3. The molecular weight excluding hydrogens is 1380 g/mol. The van der Waals surface area contributed by atoms with E-state index in [1.54, 1.807) is 0 Å². The number of fused-ring (bicyclic) bond motifs is 10. The van der Waals surface area contributed by atoms with Gasteiger partial charge in [-0.3, -0.25) is 0 Å². The molecule has 20 rings (SSSR count). The molecule has 2 aromatic heterocycles. The first-order valence-electron chi connectivity index (χ1n) is 42.2. The Bertz CT molecular complexity index is 6830. The van der Waals surface area contributed by atoms with Crippen LogP contribution in [0.4, 0.5) is 51.2 Å². The number of hydrogen-bond donors (Lipinski definition) is 0. The lowest BCUT2D eigenvalue weighted by Gasteiger charge is -2.46. The van der Waals surface area contributed by atoms with Crippen LogP contribution in [0.1, 0.15) is 85.9 Å². The van der Waals surface area contributed by atoms with Gasteiger partial charge in [0.15, 0.2) is 0 Å². The van der Waals surface area contributed by atoms with Crippen molar-refractivity contribution in [2.75, 3.05) is 14.7 Å². The molecule has 0 N–H and O–H groups in total. The minimum Gasteiger partial charge on any atom is -0.311 e. The Labute approximate surface area is 676 Å². The number of aromatic nitrogens is 2. The van der Waals surface area contributed by atoms with E-state index >= 15 is 0 Å². The van der Waals surface area contributed by atoms with Gasteiger partial charge < -0.3 is 23.8 Å². The summed E-state index contributed by atoms with van der Waals surface area (Å²) in [4.78, 5) is 7.46. The second-order valence-electron chi connectivity index (χ2n) is 33.8. The summed E-state index contributed by atoms with van der Waals surface area (Å²) in [6.45, 7) is 20.2. The first-order valence-corrected chi connectivity index (χ1v) is 39.7. The Hall–Kier alpha value is -13.4. The van der Waals surface area contributed by atoms with Gasteiger partial charge in [-0.2, -0.15) is 0 Å². The van der Waals surface area contributed by atoms with Crippen LogP contribution in [0.15, 0.2) is 370 Å². The third-order valence-electron chi connectivity index (χ3n) is 23.6. The molecule has 6 heteroatoms. The molecule has 0 saturated carbocycles. The minimum absolute atomic E-state index is 0.126. The summed E-state index contributed by atoms with van der Waals surface area (Å²) >= 11 is 0. The molecule has 0 aliphatic carbocycles.